The predicted octanol–water partition coefficient (Wildman–Crippen LogP) is 4.39. The lowest BCUT2D eigenvalue weighted by Gasteiger charge is -2.15. The van der Waals surface area contributed by atoms with Gasteiger partial charge in [-0.2, -0.15) is 0 Å². The predicted molar refractivity (Wildman–Crippen MR) is 81.1 cm³/mol. The minimum absolute atomic E-state index is 0.337. The molecular formula is C15H15BrClN. The summed E-state index contributed by atoms with van der Waals surface area (Å²) in [4.78, 5) is 0. The maximum absolute atomic E-state index is 5.90. The van der Waals surface area contributed by atoms with Crippen molar-refractivity contribution in [2.75, 3.05) is 6.54 Å². The van der Waals surface area contributed by atoms with Crippen LogP contribution < -0.4 is 5.73 Å². The second-order valence-corrected chi connectivity index (χ2v) is 5.67. The van der Waals surface area contributed by atoms with Gasteiger partial charge in [-0.25, -0.2) is 0 Å². The molecule has 2 aromatic rings. The van der Waals surface area contributed by atoms with Gasteiger partial charge in [0.25, 0.3) is 0 Å². The van der Waals surface area contributed by atoms with Gasteiger partial charge in [0, 0.05) is 15.4 Å². The van der Waals surface area contributed by atoms with Crippen molar-refractivity contribution in [3.8, 4) is 0 Å². The molecule has 3 heteroatoms. The Kier molecular flexibility index (Phi) is 4.81. The van der Waals surface area contributed by atoms with Gasteiger partial charge in [-0.15, -0.1) is 0 Å². The third-order valence-electron chi connectivity index (χ3n) is 3.02. The summed E-state index contributed by atoms with van der Waals surface area (Å²) in [7, 11) is 0. The smallest absolute Gasteiger partial charge is 0.0406 e. The summed E-state index contributed by atoms with van der Waals surface area (Å²) < 4.78 is 1.10. The van der Waals surface area contributed by atoms with Gasteiger partial charge in [-0.05, 0) is 48.4 Å². The fourth-order valence-corrected chi connectivity index (χ4v) is 2.37. The molecule has 0 fully saturated rings. The fourth-order valence-electron chi connectivity index (χ4n) is 1.98. The Hall–Kier alpha value is -0.830. The normalized spacial score (nSPS) is 12.4. The molecule has 0 aliphatic heterocycles. The number of halogens is 2. The Bertz CT molecular complexity index is 493. The Morgan fingerprint density at radius 3 is 2.17 bits per heavy atom. The van der Waals surface area contributed by atoms with Crippen LogP contribution in [0, 0.1) is 0 Å². The van der Waals surface area contributed by atoms with E-state index in [0.717, 1.165) is 15.9 Å². The highest BCUT2D eigenvalue weighted by Gasteiger charge is 2.10. The van der Waals surface area contributed by atoms with E-state index in [1.54, 1.807) is 0 Å². The Labute approximate surface area is 121 Å². The molecule has 0 bridgehead atoms. The molecule has 2 aromatic carbocycles. The van der Waals surface area contributed by atoms with Crippen molar-refractivity contribution in [1.29, 1.82) is 0 Å². The van der Waals surface area contributed by atoms with E-state index in [1.165, 1.54) is 11.1 Å². The molecule has 0 saturated heterocycles. The molecule has 0 aliphatic carbocycles. The lowest BCUT2D eigenvalue weighted by atomic mass is 9.92. The third kappa shape index (κ3) is 3.58. The van der Waals surface area contributed by atoms with Gasteiger partial charge in [0.2, 0.25) is 0 Å². The van der Waals surface area contributed by atoms with Crippen LogP contribution in [0.2, 0.25) is 5.02 Å². The molecule has 0 spiro atoms. The molecule has 2 N–H and O–H groups in total. The average molecular weight is 325 g/mol. The first kappa shape index (κ1) is 13.6. The molecule has 0 aliphatic rings. The van der Waals surface area contributed by atoms with Crippen LogP contribution in [0.3, 0.4) is 0 Å². The lowest BCUT2D eigenvalue weighted by molar-refractivity contribution is 0.694. The zero-order valence-corrected chi connectivity index (χ0v) is 12.3. The van der Waals surface area contributed by atoms with E-state index < -0.39 is 0 Å². The maximum Gasteiger partial charge on any atom is 0.0406 e. The van der Waals surface area contributed by atoms with Crippen molar-refractivity contribution in [3.63, 3.8) is 0 Å². The van der Waals surface area contributed by atoms with Crippen LogP contribution in [0.5, 0.6) is 0 Å². The molecule has 1 atom stereocenters. The van der Waals surface area contributed by atoms with E-state index in [2.05, 4.69) is 52.3 Å². The monoisotopic (exact) mass is 323 g/mol. The summed E-state index contributed by atoms with van der Waals surface area (Å²) >= 11 is 9.34. The zero-order chi connectivity index (χ0) is 13.0. The van der Waals surface area contributed by atoms with E-state index in [9.17, 15) is 0 Å². The summed E-state index contributed by atoms with van der Waals surface area (Å²) in [5.41, 5.74) is 8.41. The van der Waals surface area contributed by atoms with E-state index in [-0.39, 0.29) is 0 Å². The number of hydrogen-bond donors (Lipinski definition) is 1. The van der Waals surface area contributed by atoms with Crippen molar-refractivity contribution in [3.05, 3.63) is 69.2 Å². The van der Waals surface area contributed by atoms with Gasteiger partial charge < -0.3 is 5.73 Å². The average Bonchev–Trinajstić information content (AvgIpc) is 2.39. The molecular weight excluding hydrogens is 310 g/mol. The van der Waals surface area contributed by atoms with Crippen LogP contribution in [0.25, 0.3) is 0 Å². The summed E-state index contributed by atoms with van der Waals surface area (Å²) in [6.07, 6.45) is 0.950. The van der Waals surface area contributed by atoms with Crippen molar-refractivity contribution in [2.24, 2.45) is 5.73 Å². The first-order valence-electron chi connectivity index (χ1n) is 5.89. The number of benzene rings is 2. The van der Waals surface area contributed by atoms with Crippen LogP contribution in [0.4, 0.5) is 0 Å². The summed E-state index contributed by atoms with van der Waals surface area (Å²) in [6.45, 7) is 0.637. The van der Waals surface area contributed by atoms with Crippen LogP contribution in [-0.4, -0.2) is 6.54 Å². The minimum Gasteiger partial charge on any atom is -0.330 e. The number of hydrogen-bond acceptors (Lipinski definition) is 1. The SMILES string of the molecule is NCC(Cc1ccc(Br)cc1)c1ccc(Cl)cc1. The van der Waals surface area contributed by atoms with E-state index in [1.807, 2.05) is 12.1 Å². The Morgan fingerprint density at radius 1 is 1.00 bits per heavy atom. The van der Waals surface area contributed by atoms with Gasteiger partial charge in [-0.3, -0.25) is 0 Å². The molecule has 0 saturated carbocycles. The van der Waals surface area contributed by atoms with E-state index in [0.29, 0.717) is 12.5 Å². The molecule has 0 amide bonds. The fraction of sp³-hybridized carbons (Fsp3) is 0.200. The van der Waals surface area contributed by atoms with Gasteiger partial charge in [0.15, 0.2) is 0 Å². The maximum atomic E-state index is 5.90. The van der Waals surface area contributed by atoms with Crippen molar-refractivity contribution in [2.45, 2.75) is 12.3 Å². The Morgan fingerprint density at radius 2 is 1.61 bits per heavy atom. The van der Waals surface area contributed by atoms with Crippen molar-refractivity contribution >= 4 is 27.5 Å². The minimum atomic E-state index is 0.337. The number of nitrogens with two attached hydrogens (primary N) is 1. The molecule has 1 nitrogen and oxygen atoms in total. The second-order valence-electron chi connectivity index (χ2n) is 4.31. The highest BCUT2D eigenvalue weighted by molar-refractivity contribution is 9.10. The van der Waals surface area contributed by atoms with Crippen molar-refractivity contribution in [1.82, 2.24) is 0 Å². The van der Waals surface area contributed by atoms with Gasteiger partial charge >= 0.3 is 0 Å². The largest absolute Gasteiger partial charge is 0.330 e. The summed E-state index contributed by atoms with van der Waals surface area (Å²) in [5.74, 6) is 0.337. The third-order valence-corrected chi connectivity index (χ3v) is 3.80. The summed E-state index contributed by atoms with van der Waals surface area (Å²) in [6, 6.07) is 16.3. The topological polar surface area (TPSA) is 26.0 Å². The first-order chi connectivity index (χ1) is 8.69. The summed E-state index contributed by atoms with van der Waals surface area (Å²) in [5, 5.41) is 0.762. The Balaban J connectivity index is 2.14. The number of rotatable bonds is 4. The highest BCUT2D eigenvalue weighted by Crippen LogP contribution is 2.22. The lowest BCUT2D eigenvalue weighted by Crippen LogP contribution is -2.14. The molecule has 0 heterocycles. The molecule has 0 aromatic heterocycles. The quantitative estimate of drug-likeness (QED) is 0.887. The molecule has 0 radical (unpaired) electrons. The van der Waals surface area contributed by atoms with Crippen LogP contribution in [0.1, 0.15) is 17.0 Å². The van der Waals surface area contributed by atoms with Gasteiger partial charge in [0.05, 0.1) is 0 Å². The van der Waals surface area contributed by atoms with Crippen molar-refractivity contribution < 1.29 is 0 Å². The molecule has 18 heavy (non-hydrogen) atoms. The molecule has 1 unspecified atom stereocenters. The van der Waals surface area contributed by atoms with Crippen LogP contribution >= 0.6 is 27.5 Å². The molecule has 94 valence electrons. The van der Waals surface area contributed by atoms with Crippen LogP contribution in [0.15, 0.2) is 53.0 Å². The van der Waals surface area contributed by atoms with Gasteiger partial charge in [0.1, 0.15) is 0 Å². The highest BCUT2D eigenvalue weighted by atomic mass is 79.9. The standard InChI is InChI=1S/C15H15BrClN/c16-14-5-1-11(2-6-14)9-13(10-18)12-3-7-15(17)8-4-12/h1-8,13H,9-10,18H2. The first-order valence-corrected chi connectivity index (χ1v) is 7.06. The second kappa shape index (κ2) is 6.37. The van der Waals surface area contributed by atoms with Gasteiger partial charge in [-0.1, -0.05) is 51.8 Å². The van der Waals surface area contributed by atoms with E-state index in [4.69, 9.17) is 17.3 Å². The van der Waals surface area contributed by atoms with Crippen LogP contribution in [-0.2, 0) is 6.42 Å². The molecule has 2 rings (SSSR count). The van der Waals surface area contributed by atoms with E-state index >= 15 is 0 Å². The zero-order valence-electron chi connectivity index (χ0n) is 9.94.